The smallest absolute Gasteiger partial charge is 0.410 e. The van der Waals surface area contributed by atoms with Crippen LogP contribution in [0.5, 0.6) is 0 Å². The molecule has 1 amide bonds. The summed E-state index contributed by atoms with van der Waals surface area (Å²) in [5.41, 5.74) is -0.633. The van der Waals surface area contributed by atoms with Crippen molar-refractivity contribution >= 4 is 6.09 Å². The van der Waals surface area contributed by atoms with Crippen molar-refractivity contribution in [3.05, 3.63) is 0 Å². The topological polar surface area (TPSA) is 29.5 Å². The van der Waals surface area contributed by atoms with Gasteiger partial charge in [-0.25, -0.2) is 13.6 Å². The van der Waals surface area contributed by atoms with E-state index in [2.05, 4.69) is 0 Å². The van der Waals surface area contributed by atoms with Crippen molar-refractivity contribution in [2.24, 2.45) is 0 Å². The Balaban J connectivity index is 2.52. The monoisotopic (exact) mass is 221 g/mol. The Bertz CT molecular complexity index is 230. The fourth-order valence-corrected chi connectivity index (χ4v) is 1.45. The van der Waals surface area contributed by atoms with Crippen LogP contribution < -0.4 is 0 Å². The van der Waals surface area contributed by atoms with Gasteiger partial charge in [-0.05, 0) is 20.8 Å². The van der Waals surface area contributed by atoms with Crippen LogP contribution in [-0.2, 0) is 4.74 Å². The standard InChI is InChI=1S/C10H17F2NO2/c1-10(2,3)15-9(14)13-5-7(11)4-8(12)6-13/h7-8H,4-6H2,1-3H3. The molecule has 1 heterocycles. The minimum Gasteiger partial charge on any atom is -0.444 e. The summed E-state index contributed by atoms with van der Waals surface area (Å²) in [4.78, 5) is 12.6. The van der Waals surface area contributed by atoms with Gasteiger partial charge >= 0.3 is 6.09 Å². The molecule has 0 saturated carbocycles. The second-order valence-electron chi connectivity index (χ2n) is 4.82. The molecule has 1 rings (SSSR count). The molecule has 0 aromatic heterocycles. The molecule has 2 atom stereocenters. The van der Waals surface area contributed by atoms with Gasteiger partial charge in [-0.1, -0.05) is 0 Å². The van der Waals surface area contributed by atoms with Crippen LogP contribution in [0.2, 0.25) is 0 Å². The summed E-state index contributed by atoms with van der Waals surface area (Å²) < 4.78 is 31.0. The Hall–Kier alpha value is -0.870. The molecule has 1 saturated heterocycles. The fraction of sp³-hybridized carbons (Fsp3) is 0.900. The number of carbonyl (C=O) groups is 1. The molecule has 0 bridgehead atoms. The van der Waals surface area contributed by atoms with Gasteiger partial charge in [-0.2, -0.15) is 0 Å². The van der Waals surface area contributed by atoms with Crippen molar-refractivity contribution in [3.8, 4) is 0 Å². The van der Waals surface area contributed by atoms with Crippen LogP contribution in [0.25, 0.3) is 0 Å². The highest BCUT2D eigenvalue weighted by molar-refractivity contribution is 5.68. The summed E-state index contributed by atoms with van der Waals surface area (Å²) in [5.74, 6) is 0. The molecule has 0 N–H and O–H groups in total. The largest absolute Gasteiger partial charge is 0.444 e. The van der Waals surface area contributed by atoms with E-state index in [9.17, 15) is 13.6 Å². The molecule has 0 aromatic rings. The second-order valence-corrected chi connectivity index (χ2v) is 4.82. The molecular formula is C10H17F2NO2. The van der Waals surface area contributed by atoms with Crippen molar-refractivity contribution in [1.29, 1.82) is 0 Å². The third-order valence-electron chi connectivity index (χ3n) is 2.00. The van der Waals surface area contributed by atoms with Crippen molar-refractivity contribution in [3.63, 3.8) is 0 Å². The molecule has 1 fully saturated rings. The maximum atomic E-state index is 13.0. The number of nitrogens with zero attached hydrogens (tertiary/aromatic N) is 1. The predicted molar refractivity (Wildman–Crippen MR) is 52.2 cm³/mol. The van der Waals surface area contributed by atoms with E-state index in [1.54, 1.807) is 20.8 Å². The zero-order chi connectivity index (χ0) is 11.6. The quantitative estimate of drug-likeness (QED) is 0.628. The first kappa shape index (κ1) is 12.2. The van der Waals surface area contributed by atoms with Gasteiger partial charge in [-0.15, -0.1) is 0 Å². The van der Waals surface area contributed by atoms with E-state index in [-0.39, 0.29) is 19.5 Å². The first-order valence-electron chi connectivity index (χ1n) is 5.04. The van der Waals surface area contributed by atoms with Crippen LogP contribution in [0.4, 0.5) is 13.6 Å². The highest BCUT2D eigenvalue weighted by Gasteiger charge is 2.32. The van der Waals surface area contributed by atoms with E-state index in [1.165, 1.54) is 0 Å². The molecule has 3 nitrogen and oxygen atoms in total. The number of hydrogen-bond donors (Lipinski definition) is 0. The Morgan fingerprint density at radius 3 is 2.13 bits per heavy atom. The molecule has 5 heteroatoms. The van der Waals surface area contributed by atoms with Gasteiger partial charge in [0.1, 0.15) is 17.9 Å². The van der Waals surface area contributed by atoms with Crippen molar-refractivity contribution in [2.45, 2.75) is 45.1 Å². The predicted octanol–water partition coefficient (Wildman–Crippen LogP) is 2.30. The normalized spacial score (nSPS) is 27.7. The lowest BCUT2D eigenvalue weighted by atomic mass is 10.1. The molecule has 0 aromatic carbocycles. The van der Waals surface area contributed by atoms with Gasteiger partial charge in [-0.3, -0.25) is 0 Å². The summed E-state index contributed by atoms with van der Waals surface area (Å²) in [5, 5.41) is 0. The summed E-state index contributed by atoms with van der Waals surface area (Å²) in [6.45, 7) is 5.00. The van der Waals surface area contributed by atoms with Crippen LogP contribution in [0, 0.1) is 0 Å². The number of rotatable bonds is 0. The summed E-state index contributed by atoms with van der Waals surface area (Å²) in [7, 11) is 0. The third kappa shape index (κ3) is 4.01. The van der Waals surface area contributed by atoms with Crippen molar-refractivity contribution in [1.82, 2.24) is 4.90 Å². The van der Waals surface area contributed by atoms with E-state index in [0.29, 0.717) is 0 Å². The lowest BCUT2D eigenvalue weighted by molar-refractivity contribution is 0.00196. The molecule has 0 radical (unpaired) electrons. The van der Waals surface area contributed by atoms with E-state index in [0.717, 1.165) is 4.90 Å². The number of alkyl halides is 2. The van der Waals surface area contributed by atoms with Crippen LogP contribution in [0.15, 0.2) is 0 Å². The summed E-state index contributed by atoms with van der Waals surface area (Å²) >= 11 is 0. The number of carbonyl (C=O) groups excluding carboxylic acids is 1. The maximum Gasteiger partial charge on any atom is 0.410 e. The molecular weight excluding hydrogens is 204 g/mol. The second kappa shape index (κ2) is 4.33. The van der Waals surface area contributed by atoms with Crippen LogP contribution in [-0.4, -0.2) is 42.0 Å². The van der Waals surface area contributed by atoms with E-state index < -0.39 is 24.0 Å². The van der Waals surface area contributed by atoms with Crippen LogP contribution in [0.1, 0.15) is 27.2 Å². The first-order valence-corrected chi connectivity index (χ1v) is 5.04. The average Bonchev–Trinajstić information content (AvgIpc) is 1.98. The lowest BCUT2D eigenvalue weighted by Gasteiger charge is -2.32. The van der Waals surface area contributed by atoms with Gasteiger partial charge < -0.3 is 9.64 Å². The minimum absolute atomic E-state index is 0.0741. The summed E-state index contributed by atoms with van der Waals surface area (Å²) in [6.07, 6.45) is -3.35. The van der Waals surface area contributed by atoms with Gasteiger partial charge in [0.05, 0.1) is 13.1 Å². The van der Waals surface area contributed by atoms with E-state index in [4.69, 9.17) is 4.74 Å². The minimum atomic E-state index is -1.29. The number of hydrogen-bond acceptors (Lipinski definition) is 2. The van der Waals surface area contributed by atoms with Gasteiger partial charge in [0, 0.05) is 6.42 Å². The molecule has 1 aliphatic rings. The lowest BCUT2D eigenvalue weighted by Crippen LogP contribution is -2.47. The zero-order valence-corrected chi connectivity index (χ0v) is 9.30. The Labute approximate surface area is 88.4 Å². The number of ether oxygens (including phenoxy) is 1. The van der Waals surface area contributed by atoms with Crippen molar-refractivity contribution < 1.29 is 18.3 Å². The van der Waals surface area contributed by atoms with Gasteiger partial charge in [0.15, 0.2) is 0 Å². The number of piperidine rings is 1. The molecule has 1 aliphatic heterocycles. The molecule has 0 spiro atoms. The van der Waals surface area contributed by atoms with Gasteiger partial charge in [0.2, 0.25) is 0 Å². The molecule has 88 valence electrons. The van der Waals surface area contributed by atoms with Crippen molar-refractivity contribution in [2.75, 3.05) is 13.1 Å². The number of halogens is 2. The first-order chi connectivity index (χ1) is 6.78. The van der Waals surface area contributed by atoms with Gasteiger partial charge in [0.25, 0.3) is 0 Å². The van der Waals surface area contributed by atoms with E-state index in [1.807, 2.05) is 0 Å². The Kier molecular flexibility index (Phi) is 3.52. The number of likely N-dealkylation sites (tertiary alicyclic amines) is 1. The number of amides is 1. The fourth-order valence-electron chi connectivity index (χ4n) is 1.45. The van der Waals surface area contributed by atoms with Crippen LogP contribution >= 0.6 is 0 Å². The maximum absolute atomic E-state index is 13.0. The molecule has 2 unspecified atom stereocenters. The molecule has 15 heavy (non-hydrogen) atoms. The van der Waals surface area contributed by atoms with E-state index >= 15 is 0 Å². The zero-order valence-electron chi connectivity index (χ0n) is 9.30. The summed E-state index contributed by atoms with van der Waals surface area (Å²) in [6, 6.07) is 0. The average molecular weight is 221 g/mol. The SMILES string of the molecule is CC(C)(C)OC(=O)N1CC(F)CC(F)C1. The van der Waals surface area contributed by atoms with Crippen LogP contribution in [0.3, 0.4) is 0 Å². The highest BCUT2D eigenvalue weighted by Crippen LogP contribution is 2.19. The Morgan fingerprint density at radius 1 is 1.27 bits per heavy atom. The Morgan fingerprint density at radius 2 is 1.73 bits per heavy atom. The highest BCUT2D eigenvalue weighted by atomic mass is 19.1. The molecule has 0 aliphatic carbocycles. The third-order valence-corrected chi connectivity index (χ3v) is 2.00.